The molecule has 2 aromatic heterocycles. The van der Waals surface area contributed by atoms with Gasteiger partial charge in [0.15, 0.2) is 5.65 Å². The number of pyridine rings is 1. The first-order chi connectivity index (χ1) is 11.8. The molecule has 2 aliphatic rings. The van der Waals surface area contributed by atoms with E-state index in [1.165, 1.54) is 11.1 Å². The van der Waals surface area contributed by atoms with E-state index in [9.17, 15) is 4.79 Å². The molecule has 2 heterocycles. The topological polar surface area (TPSA) is 70.7 Å². The van der Waals surface area contributed by atoms with Crippen LogP contribution in [-0.2, 0) is 23.2 Å². The number of hydrogen-bond donors (Lipinski definition) is 2. The first-order valence-electron chi connectivity index (χ1n) is 8.42. The van der Waals surface area contributed by atoms with Crippen LogP contribution in [0.1, 0.15) is 29.8 Å². The minimum Gasteiger partial charge on any atom is -0.349 e. The van der Waals surface area contributed by atoms with Crippen LogP contribution in [0.3, 0.4) is 0 Å². The molecule has 0 radical (unpaired) electrons. The van der Waals surface area contributed by atoms with Crippen LogP contribution in [0, 0.1) is 5.92 Å². The molecule has 0 saturated heterocycles. The maximum absolute atomic E-state index is 12.6. The molecule has 0 bridgehead atoms. The van der Waals surface area contributed by atoms with Crippen molar-refractivity contribution in [2.45, 2.75) is 31.2 Å². The number of hydrogen-bond acceptors (Lipinski definition) is 3. The maximum atomic E-state index is 12.6. The number of rotatable bonds is 3. The van der Waals surface area contributed by atoms with Gasteiger partial charge in [-0.2, -0.15) is 0 Å². The molecule has 2 N–H and O–H groups in total. The molecule has 2 aliphatic carbocycles. The summed E-state index contributed by atoms with van der Waals surface area (Å²) in [6.45, 7) is 0.420. The SMILES string of the molecule is O=C(NCc1nc2ncccc2[nH]1)[C@H]1C[C@]12CCc1ccccc12. The lowest BCUT2D eigenvalue weighted by molar-refractivity contribution is -0.123. The second-order valence-corrected chi connectivity index (χ2v) is 6.85. The predicted octanol–water partition coefficient (Wildman–Crippen LogP) is 2.48. The molecule has 1 spiro atoms. The monoisotopic (exact) mass is 318 g/mol. The highest BCUT2D eigenvalue weighted by atomic mass is 16.2. The molecule has 5 heteroatoms. The molecular weight excluding hydrogens is 300 g/mol. The smallest absolute Gasteiger partial charge is 0.224 e. The zero-order valence-electron chi connectivity index (χ0n) is 13.2. The van der Waals surface area contributed by atoms with E-state index >= 15 is 0 Å². The van der Waals surface area contributed by atoms with E-state index in [2.05, 4.69) is 44.5 Å². The molecule has 0 aliphatic heterocycles. The summed E-state index contributed by atoms with van der Waals surface area (Å²) in [4.78, 5) is 24.4. The first kappa shape index (κ1) is 13.7. The molecule has 1 aromatic carbocycles. The molecule has 0 unspecified atom stereocenters. The number of carbonyl (C=O) groups excluding carboxylic acids is 1. The molecule has 5 nitrogen and oxygen atoms in total. The van der Waals surface area contributed by atoms with Gasteiger partial charge in [-0.3, -0.25) is 4.79 Å². The summed E-state index contributed by atoms with van der Waals surface area (Å²) in [6, 6.07) is 12.4. The summed E-state index contributed by atoms with van der Waals surface area (Å²) in [5.74, 6) is 0.988. The number of amides is 1. The van der Waals surface area contributed by atoms with Gasteiger partial charge in [0.1, 0.15) is 5.82 Å². The molecule has 2 atom stereocenters. The van der Waals surface area contributed by atoms with E-state index in [4.69, 9.17) is 0 Å². The first-order valence-corrected chi connectivity index (χ1v) is 8.42. The third-order valence-corrected chi connectivity index (χ3v) is 5.52. The second kappa shape index (κ2) is 4.90. The van der Waals surface area contributed by atoms with Gasteiger partial charge in [0.25, 0.3) is 0 Å². The molecule has 5 rings (SSSR count). The number of aromatic nitrogens is 3. The molecule has 120 valence electrons. The minimum atomic E-state index is 0.0934. The average Bonchev–Trinajstić information content (AvgIpc) is 3.01. The Morgan fingerprint density at radius 1 is 1.29 bits per heavy atom. The number of imidazole rings is 1. The van der Waals surface area contributed by atoms with Gasteiger partial charge in [-0.25, -0.2) is 9.97 Å². The maximum Gasteiger partial charge on any atom is 0.224 e. The van der Waals surface area contributed by atoms with Gasteiger partial charge in [-0.15, -0.1) is 0 Å². The van der Waals surface area contributed by atoms with E-state index < -0.39 is 0 Å². The van der Waals surface area contributed by atoms with E-state index in [-0.39, 0.29) is 17.2 Å². The molecule has 1 fully saturated rings. The van der Waals surface area contributed by atoms with Gasteiger partial charge in [-0.1, -0.05) is 24.3 Å². The third kappa shape index (κ3) is 1.97. The van der Waals surface area contributed by atoms with Crippen molar-refractivity contribution in [2.24, 2.45) is 5.92 Å². The van der Waals surface area contributed by atoms with Crippen LogP contribution in [0.25, 0.3) is 11.2 Å². The number of nitrogens with one attached hydrogen (secondary N) is 2. The Balaban J connectivity index is 1.29. The number of H-pyrrole nitrogens is 1. The van der Waals surface area contributed by atoms with Crippen LogP contribution in [0.4, 0.5) is 0 Å². The number of carbonyl (C=O) groups is 1. The Kier molecular flexibility index (Phi) is 2.80. The molecule has 1 amide bonds. The van der Waals surface area contributed by atoms with Crippen molar-refractivity contribution in [1.29, 1.82) is 0 Å². The number of aryl methyl sites for hydroxylation is 1. The van der Waals surface area contributed by atoms with Crippen molar-refractivity contribution in [3.63, 3.8) is 0 Å². The summed E-state index contributed by atoms with van der Waals surface area (Å²) < 4.78 is 0. The molecule has 24 heavy (non-hydrogen) atoms. The Morgan fingerprint density at radius 3 is 3.12 bits per heavy atom. The van der Waals surface area contributed by atoms with Crippen molar-refractivity contribution in [3.05, 3.63) is 59.5 Å². The highest BCUT2D eigenvalue weighted by Crippen LogP contribution is 2.61. The number of nitrogens with zero attached hydrogens (tertiary/aromatic N) is 2. The van der Waals surface area contributed by atoms with Crippen LogP contribution in [0.2, 0.25) is 0 Å². The summed E-state index contributed by atoms with van der Waals surface area (Å²) >= 11 is 0. The fourth-order valence-corrected chi connectivity index (χ4v) is 4.21. The standard InChI is InChI=1S/C19H18N4O/c24-18(21-11-16-22-15-6-3-9-20-17(15)23-16)14-10-19(14)8-7-12-4-1-2-5-13(12)19/h1-6,9,14H,7-8,10-11H2,(H,21,24)(H,20,22,23)/t14-,19+/m1/s1. The van der Waals surface area contributed by atoms with E-state index in [1.54, 1.807) is 6.20 Å². The van der Waals surface area contributed by atoms with Crippen LogP contribution in [0.15, 0.2) is 42.6 Å². The minimum absolute atomic E-state index is 0.0934. The number of aromatic amines is 1. The quantitative estimate of drug-likeness (QED) is 0.779. The Labute approximate surface area is 139 Å². The Hall–Kier alpha value is -2.69. The zero-order valence-corrected chi connectivity index (χ0v) is 13.2. The normalized spacial score (nSPS) is 24.2. The van der Waals surface area contributed by atoms with Crippen molar-refractivity contribution in [3.8, 4) is 0 Å². The third-order valence-electron chi connectivity index (χ3n) is 5.52. The second-order valence-electron chi connectivity index (χ2n) is 6.85. The van der Waals surface area contributed by atoms with Crippen LogP contribution in [0.5, 0.6) is 0 Å². The highest BCUT2D eigenvalue weighted by Gasteiger charge is 2.61. The fourth-order valence-electron chi connectivity index (χ4n) is 4.21. The Bertz CT molecular complexity index is 914. The van der Waals surface area contributed by atoms with Crippen molar-refractivity contribution in [1.82, 2.24) is 20.3 Å². The van der Waals surface area contributed by atoms with Crippen molar-refractivity contribution in [2.75, 3.05) is 0 Å². The van der Waals surface area contributed by atoms with E-state index in [0.717, 1.165) is 30.6 Å². The molecular formula is C19H18N4O. The lowest BCUT2D eigenvalue weighted by Crippen LogP contribution is -2.28. The highest BCUT2D eigenvalue weighted by molar-refractivity contribution is 5.85. The summed E-state index contributed by atoms with van der Waals surface area (Å²) in [5.41, 5.74) is 4.48. The van der Waals surface area contributed by atoms with Gasteiger partial charge >= 0.3 is 0 Å². The van der Waals surface area contributed by atoms with Crippen LogP contribution in [-0.4, -0.2) is 20.9 Å². The molecule has 1 saturated carbocycles. The average molecular weight is 318 g/mol. The lowest BCUT2D eigenvalue weighted by atomic mass is 9.95. The van der Waals surface area contributed by atoms with Crippen molar-refractivity contribution < 1.29 is 4.79 Å². The Morgan fingerprint density at radius 2 is 2.21 bits per heavy atom. The zero-order chi connectivity index (χ0) is 16.1. The summed E-state index contributed by atoms with van der Waals surface area (Å²) in [6.07, 6.45) is 4.88. The van der Waals surface area contributed by atoms with Gasteiger partial charge in [0.05, 0.1) is 12.1 Å². The number of fused-ring (bicyclic) bond motifs is 3. The summed E-state index contributed by atoms with van der Waals surface area (Å²) in [5, 5.41) is 3.04. The van der Waals surface area contributed by atoms with Crippen molar-refractivity contribution >= 4 is 17.1 Å². The van der Waals surface area contributed by atoms with Gasteiger partial charge in [0, 0.05) is 17.5 Å². The van der Waals surface area contributed by atoms with Gasteiger partial charge in [-0.05, 0) is 42.5 Å². The van der Waals surface area contributed by atoms with Crippen LogP contribution >= 0.6 is 0 Å². The van der Waals surface area contributed by atoms with E-state index in [1.807, 2.05) is 12.1 Å². The predicted molar refractivity (Wildman–Crippen MR) is 90.3 cm³/mol. The fraction of sp³-hybridized carbons (Fsp3) is 0.316. The van der Waals surface area contributed by atoms with Gasteiger partial charge in [0.2, 0.25) is 5.91 Å². The number of benzene rings is 1. The van der Waals surface area contributed by atoms with Crippen LogP contribution < -0.4 is 5.32 Å². The van der Waals surface area contributed by atoms with Gasteiger partial charge < -0.3 is 10.3 Å². The molecule has 3 aromatic rings. The van der Waals surface area contributed by atoms with E-state index in [0.29, 0.717) is 12.2 Å². The largest absolute Gasteiger partial charge is 0.349 e. The summed E-state index contributed by atoms with van der Waals surface area (Å²) in [7, 11) is 0. The lowest BCUT2D eigenvalue weighted by Gasteiger charge is -2.11.